The van der Waals surface area contributed by atoms with E-state index in [1.165, 1.54) is 10.4 Å². The maximum Gasteiger partial charge on any atom is 0.260 e. The van der Waals surface area contributed by atoms with E-state index in [0.29, 0.717) is 36.5 Å². The number of nitrogens with zero attached hydrogens (tertiary/aromatic N) is 1. The van der Waals surface area contributed by atoms with Crippen molar-refractivity contribution in [3.63, 3.8) is 0 Å². The highest BCUT2D eigenvalue weighted by atomic mass is 32.1. The van der Waals surface area contributed by atoms with Crippen LogP contribution in [0.4, 0.5) is 0 Å². The SMILES string of the molecule is CCOc1ccc(-c2nc3sc4c(c3c(=O)[nH]2)CCC(C)C4)cc1OCC. The summed E-state index contributed by atoms with van der Waals surface area (Å²) in [7, 11) is 0. The van der Waals surface area contributed by atoms with Gasteiger partial charge in [-0.3, -0.25) is 4.79 Å². The van der Waals surface area contributed by atoms with Gasteiger partial charge in [0.1, 0.15) is 10.7 Å². The number of hydrogen-bond acceptors (Lipinski definition) is 5. The number of hydrogen-bond donors (Lipinski definition) is 1. The molecule has 1 aromatic carbocycles. The lowest BCUT2D eigenvalue weighted by molar-refractivity contribution is 0.288. The summed E-state index contributed by atoms with van der Waals surface area (Å²) < 4.78 is 11.3. The van der Waals surface area contributed by atoms with Gasteiger partial charge in [0.2, 0.25) is 0 Å². The molecular weight excluding hydrogens is 360 g/mol. The average Bonchev–Trinajstić information content (AvgIpc) is 3.01. The van der Waals surface area contributed by atoms with Crippen LogP contribution in [0.2, 0.25) is 0 Å². The number of rotatable bonds is 5. The van der Waals surface area contributed by atoms with Crippen LogP contribution in [0.3, 0.4) is 0 Å². The summed E-state index contributed by atoms with van der Waals surface area (Å²) in [6.07, 6.45) is 3.15. The molecule has 3 aromatic rings. The van der Waals surface area contributed by atoms with Crippen LogP contribution < -0.4 is 15.0 Å². The van der Waals surface area contributed by atoms with Gasteiger partial charge in [-0.1, -0.05) is 6.92 Å². The van der Waals surface area contributed by atoms with Gasteiger partial charge in [-0.2, -0.15) is 0 Å². The maximum atomic E-state index is 12.8. The second-order valence-corrected chi connectivity index (χ2v) is 8.06. The van der Waals surface area contributed by atoms with Crippen molar-refractivity contribution in [2.75, 3.05) is 13.2 Å². The fourth-order valence-corrected chi connectivity index (χ4v) is 5.07. The Bertz CT molecular complexity index is 1040. The second kappa shape index (κ2) is 7.35. The first-order chi connectivity index (χ1) is 13.1. The molecule has 0 saturated carbocycles. The van der Waals surface area contributed by atoms with Gasteiger partial charge in [0.15, 0.2) is 11.5 Å². The first-order valence-electron chi connectivity index (χ1n) is 9.55. The predicted octanol–water partition coefficient (Wildman–Crippen LogP) is 4.57. The Morgan fingerprint density at radius 3 is 2.78 bits per heavy atom. The third kappa shape index (κ3) is 3.34. The number of fused-ring (bicyclic) bond motifs is 3. The first-order valence-corrected chi connectivity index (χ1v) is 10.4. The van der Waals surface area contributed by atoms with Crippen molar-refractivity contribution in [3.05, 3.63) is 39.0 Å². The second-order valence-electron chi connectivity index (χ2n) is 6.97. The molecule has 0 amide bonds. The van der Waals surface area contributed by atoms with Crippen LogP contribution >= 0.6 is 11.3 Å². The molecule has 2 aromatic heterocycles. The fourth-order valence-electron chi connectivity index (χ4n) is 3.68. The summed E-state index contributed by atoms with van der Waals surface area (Å²) in [5.41, 5.74) is 1.98. The highest BCUT2D eigenvalue weighted by Gasteiger charge is 2.23. The zero-order chi connectivity index (χ0) is 19.0. The number of aromatic amines is 1. The quantitative estimate of drug-likeness (QED) is 0.700. The van der Waals surface area contributed by atoms with E-state index >= 15 is 0 Å². The van der Waals surface area contributed by atoms with Crippen molar-refractivity contribution in [1.29, 1.82) is 0 Å². The van der Waals surface area contributed by atoms with Crippen LogP contribution in [-0.4, -0.2) is 23.2 Å². The fraction of sp³-hybridized carbons (Fsp3) is 0.429. The van der Waals surface area contributed by atoms with E-state index in [-0.39, 0.29) is 5.56 Å². The minimum Gasteiger partial charge on any atom is -0.490 e. The van der Waals surface area contributed by atoms with Crippen LogP contribution in [0.5, 0.6) is 11.5 Å². The van der Waals surface area contributed by atoms with Gasteiger partial charge in [-0.05, 0) is 62.8 Å². The van der Waals surface area contributed by atoms with Crippen molar-refractivity contribution in [3.8, 4) is 22.9 Å². The molecule has 1 N–H and O–H groups in total. The van der Waals surface area contributed by atoms with Gasteiger partial charge in [0, 0.05) is 10.4 Å². The molecule has 0 aliphatic heterocycles. The first kappa shape index (κ1) is 18.0. The van der Waals surface area contributed by atoms with Gasteiger partial charge in [-0.25, -0.2) is 4.98 Å². The topological polar surface area (TPSA) is 64.2 Å². The van der Waals surface area contributed by atoms with E-state index in [1.807, 2.05) is 32.0 Å². The normalized spacial score (nSPS) is 16.3. The highest BCUT2D eigenvalue weighted by Crippen LogP contribution is 2.37. The molecule has 1 aliphatic rings. The van der Waals surface area contributed by atoms with E-state index in [0.717, 1.165) is 35.0 Å². The molecule has 1 atom stereocenters. The minimum absolute atomic E-state index is 0.0473. The Kier molecular flexibility index (Phi) is 4.91. The number of ether oxygens (including phenoxy) is 2. The van der Waals surface area contributed by atoms with Crippen molar-refractivity contribution in [2.24, 2.45) is 5.92 Å². The largest absolute Gasteiger partial charge is 0.490 e. The Balaban J connectivity index is 1.80. The minimum atomic E-state index is -0.0473. The van der Waals surface area contributed by atoms with Crippen LogP contribution in [-0.2, 0) is 12.8 Å². The Morgan fingerprint density at radius 2 is 2.00 bits per heavy atom. The van der Waals surface area contributed by atoms with E-state index in [4.69, 9.17) is 14.5 Å². The van der Waals surface area contributed by atoms with Crippen molar-refractivity contribution < 1.29 is 9.47 Å². The zero-order valence-electron chi connectivity index (χ0n) is 15.9. The van der Waals surface area contributed by atoms with Crippen LogP contribution in [0.15, 0.2) is 23.0 Å². The number of H-pyrrole nitrogens is 1. The van der Waals surface area contributed by atoms with Crippen LogP contribution in [0, 0.1) is 5.92 Å². The maximum absolute atomic E-state index is 12.8. The van der Waals surface area contributed by atoms with Gasteiger partial charge in [0.25, 0.3) is 5.56 Å². The van der Waals surface area contributed by atoms with Crippen molar-refractivity contribution in [1.82, 2.24) is 9.97 Å². The average molecular weight is 385 g/mol. The Labute approximate surface area is 162 Å². The molecule has 5 nitrogen and oxygen atoms in total. The molecule has 0 bridgehead atoms. The van der Waals surface area contributed by atoms with Gasteiger partial charge >= 0.3 is 0 Å². The molecule has 0 spiro atoms. The molecule has 0 saturated heterocycles. The number of nitrogens with one attached hydrogen (secondary N) is 1. The molecule has 6 heteroatoms. The van der Waals surface area contributed by atoms with E-state index in [2.05, 4.69) is 11.9 Å². The standard InChI is InChI=1S/C21H24N2O3S/c1-4-25-15-9-7-13(11-16(15)26-5-2)19-22-20(24)18-14-8-6-12(3)10-17(14)27-21(18)23-19/h7,9,11-12H,4-6,8,10H2,1-3H3,(H,22,23,24). The number of thiophene rings is 1. The molecule has 4 rings (SSSR count). The highest BCUT2D eigenvalue weighted by molar-refractivity contribution is 7.18. The summed E-state index contributed by atoms with van der Waals surface area (Å²) in [6.45, 7) is 7.26. The Hall–Kier alpha value is -2.34. The van der Waals surface area contributed by atoms with Crippen LogP contribution in [0.25, 0.3) is 21.6 Å². The number of aryl methyl sites for hydroxylation is 1. The summed E-state index contributed by atoms with van der Waals surface area (Å²) in [4.78, 5) is 22.7. The molecule has 0 fully saturated rings. The molecule has 0 radical (unpaired) electrons. The molecule has 27 heavy (non-hydrogen) atoms. The van der Waals surface area contributed by atoms with Crippen molar-refractivity contribution in [2.45, 2.75) is 40.0 Å². The van der Waals surface area contributed by atoms with Gasteiger partial charge < -0.3 is 14.5 Å². The molecule has 1 unspecified atom stereocenters. The Morgan fingerprint density at radius 1 is 1.22 bits per heavy atom. The lowest BCUT2D eigenvalue weighted by Crippen LogP contribution is -2.13. The predicted molar refractivity (Wildman–Crippen MR) is 109 cm³/mol. The molecular formula is C21H24N2O3S. The monoisotopic (exact) mass is 384 g/mol. The third-order valence-electron chi connectivity index (χ3n) is 4.98. The zero-order valence-corrected chi connectivity index (χ0v) is 16.7. The lowest BCUT2D eigenvalue weighted by atomic mass is 9.89. The van der Waals surface area contributed by atoms with Gasteiger partial charge in [-0.15, -0.1) is 11.3 Å². The van der Waals surface area contributed by atoms with Crippen LogP contribution in [0.1, 0.15) is 37.6 Å². The number of benzene rings is 1. The summed E-state index contributed by atoms with van der Waals surface area (Å²) >= 11 is 1.67. The van der Waals surface area contributed by atoms with Crippen molar-refractivity contribution >= 4 is 21.6 Å². The lowest BCUT2D eigenvalue weighted by Gasteiger charge is -2.17. The summed E-state index contributed by atoms with van der Waals surface area (Å²) in [5, 5.41) is 0.779. The summed E-state index contributed by atoms with van der Waals surface area (Å²) in [5.74, 6) is 2.61. The molecule has 1 aliphatic carbocycles. The smallest absolute Gasteiger partial charge is 0.260 e. The van der Waals surface area contributed by atoms with E-state index in [9.17, 15) is 4.79 Å². The third-order valence-corrected chi connectivity index (χ3v) is 6.13. The van der Waals surface area contributed by atoms with E-state index in [1.54, 1.807) is 11.3 Å². The van der Waals surface area contributed by atoms with Gasteiger partial charge in [0.05, 0.1) is 18.6 Å². The molecule has 2 heterocycles. The molecule has 142 valence electrons. The number of aromatic nitrogens is 2. The summed E-state index contributed by atoms with van der Waals surface area (Å²) in [6, 6.07) is 5.66. The van der Waals surface area contributed by atoms with E-state index < -0.39 is 0 Å².